The molecule has 32 heavy (non-hydrogen) atoms. The van der Waals surface area contributed by atoms with Crippen molar-refractivity contribution in [3.63, 3.8) is 0 Å². The van der Waals surface area contributed by atoms with Gasteiger partial charge in [0, 0.05) is 67.2 Å². The van der Waals surface area contributed by atoms with Gasteiger partial charge in [0.2, 0.25) is 5.91 Å². The number of pyridine rings is 1. The van der Waals surface area contributed by atoms with Crippen molar-refractivity contribution >= 4 is 28.3 Å². The first-order chi connectivity index (χ1) is 15.6. The standard InChI is InChI=1S/C25H26N6O/c1-17(32)27-21-5-3-4-19(14-21)24-23-15-20(16-26-25(23)29-28-24)18-6-8-22(9-7-18)31-12-10-30(2)11-13-31/h3-9,14-16H,10-13H2,1-2H3,(H,27,32)(H,26,28,29). The van der Waals surface area contributed by atoms with E-state index >= 15 is 0 Å². The van der Waals surface area contributed by atoms with E-state index < -0.39 is 0 Å². The van der Waals surface area contributed by atoms with E-state index in [1.54, 1.807) is 0 Å². The average Bonchev–Trinajstić information content (AvgIpc) is 3.23. The fourth-order valence-corrected chi connectivity index (χ4v) is 4.16. The molecule has 0 aliphatic carbocycles. The van der Waals surface area contributed by atoms with Gasteiger partial charge in [0.05, 0.1) is 5.69 Å². The summed E-state index contributed by atoms with van der Waals surface area (Å²) in [5.41, 5.74) is 6.68. The summed E-state index contributed by atoms with van der Waals surface area (Å²) in [4.78, 5) is 20.8. The molecule has 0 radical (unpaired) electrons. The van der Waals surface area contributed by atoms with Gasteiger partial charge in [0.25, 0.3) is 0 Å². The first-order valence-corrected chi connectivity index (χ1v) is 10.8. The number of nitrogens with one attached hydrogen (secondary N) is 2. The fourth-order valence-electron chi connectivity index (χ4n) is 4.16. The highest BCUT2D eigenvalue weighted by molar-refractivity contribution is 5.95. The van der Waals surface area contributed by atoms with E-state index in [0.29, 0.717) is 5.65 Å². The van der Waals surface area contributed by atoms with Gasteiger partial charge >= 0.3 is 0 Å². The number of aromatic amines is 1. The highest BCUT2D eigenvalue weighted by atomic mass is 16.1. The lowest BCUT2D eigenvalue weighted by Crippen LogP contribution is -2.44. The number of carbonyl (C=O) groups is 1. The minimum absolute atomic E-state index is 0.0967. The molecule has 1 fully saturated rings. The van der Waals surface area contributed by atoms with Crippen LogP contribution in [0.25, 0.3) is 33.4 Å². The van der Waals surface area contributed by atoms with Gasteiger partial charge < -0.3 is 15.1 Å². The second kappa shape index (κ2) is 8.43. The predicted molar refractivity (Wildman–Crippen MR) is 129 cm³/mol. The third kappa shape index (κ3) is 4.07. The summed E-state index contributed by atoms with van der Waals surface area (Å²) in [5, 5.41) is 11.3. The lowest BCUT2D eigenvalue weighted by Gasteiger charge is -2.34. The van der Waals surface area contributed by atoms with Crippen molar-refractivity contribution in [2.75, 3.05) is 43.4 Å². The minimum Gasteiger partial charge on any atom is -0.369 e. The summed E-state index contributed by atoms with van der Waals surface area (Å²) in [6.07, 6.45) is 1.87. The number of piperazine rings is 1. The number of anilines is 2. The molecule has 5 rings (SSSR count). The van der Waals surface area contributed by atoms with Gasteiger partial charge in [-0.25, -0.2) is 4.98 Å². The number of amides is 1. The number of H-pyrrole nitrogens is 1. The van der Waals surface area contributed by atoms with Gasteiger partial charge in [-0.3, -0.25) is 9.89 Å². The molecule has 3 heterocycles. The first-order valence-electron chi connectivity index (χ1n) is 10.8. The Morgan fingerprint density at radius 3 is 2.50 bits per heavy atom. The zero-order valence-corrected chi connectivity index (χ0v) is 18.3. The quantitative estimate of drug-likeness (QED) is 0.516. The van der Waals surface area contributed by atoms with Crippen LogP contribution in [0.5, 0.6) is 0 Å². The third-order valence-corrected chi connectivity index (χ3v) is 5.95. The topological polar surface area (TPSA) is 77.1 Å². The fraction of sp³-hybridized carbons (Fsp3) is 0.240. The van der Waals surface area contributed by atoms with Crippen molar-refractivity contribution in [2.24, 2.45) is 0 Å². The van der Waals surface area contributed by atoms with Gasteiger partial charge in [-0.05, 0) is 42.9 Å². The Kier molecular flexibility index (Phi) is 5.33. The Balaban J connectivity index is 1.44. The first kappa shape index (κ1) is 20.2. The van der Waals surface area contributed by atoms with Crippen molar-refractivity contribution in [2.45, 2.75) is 6.92 Å². The third-order valence-electron chi connectivity index (χ3n) is 5.95. The molecule has 0 unspecified atom stereocenters. The van der Waals surface area contributed by atoms with Crippen molar-refractivity contribution in [1.82, 2.24) is 20.1 Å². The molecule has 1 aliphatic heterocycles. The van der Waals surface area contributed by atoms with Gasteiger partial charge in [-0.1, -0.05) is 24.3 Å². The Bertz CT molecular complexity index is 1260. The molecule has 0 atom stereocenters. The van der Waals surface area contributed by atoms with Crippen LogP contribution < -0.4 is 10.2 Å². The number of carbonyl (C=O) groups excluding carboxylic acids is 1. The maximum Gasteiger partial charge on any atom is 0.221 e. The van der Waals surface area contributed by atoms with Crippen LogP contribution in [0, 0.1) is 0 Å². The van der Waals surface area contributed by atoms with E-state index in [9.17, 15) is 4.79 Å². The van der Waals surface area contributed by atoms with E-state index in [1.165, 1.54) is 12.6 Å². The average molecular weight is 427 g/mol. The number of likely N-dealkylation sites (N-methyl/N-ethyl adjacent to an activating group) is 1. The molecule has 2 aromatic heterocycles. The van der Waals surface area contributed by atoms with Crippen molar-refractivity contribution < 1.29 is 4.79 Å². The molecule has 1 saturated heterocycles. The number of fused-ring (bicyclic) bond motifs is 1. The van der Waals surface area contributed by atoms with E-state index in [0.717, 1.165) is 59.6 Å². The molecule has 0 saturated carbocycles. The van der Waals surface area contributed by atoms with E-state index in [1.807, 2.05) is 30.5 Å². The molecule has 7 nitrogen and oxygen atoms in total. The molecule has 2 aromatic carbocycles. The molecule has 7 heteroatoms. The second-order valence-corrected chi connectivity index (χ2v) is 8.29. The van der Waals surface area contributed by atoms with Gasteiger partial charge in [-0.2, -0.15) is 5.10 Å². The predicted octanol–water partition coefficient (Wildman–Crippen LogP) is 4.00. The second-order valence-electron chi connectivity index (χ2n) is 8.29. The molecular weight excluding hydrogens is 400 g/mol. The minimum atomic E-state index is -0.0967. The molecule has 1 amide bonds. The Morgan fingerprint density at radius 1 is 0.969 bits per heavy atom. The lowest BCUT2D eigenvalue weighted by atomic mass is 10.0. The summed E-state index contributed by atoms with van der Waals surface area (Å²) < 4.78 is 0. The Hall–Kier alpha value is -3.71. The van der Waals surface area contributed by atoms with Gasteiger partial charge in [0.1, 0.15) is 0 Å². The molecule has 2 N–H and O–H groups in total. The van der Waals surface area contributed by atoms with Crippen molar-refractivity contribution in [1.29, 1.82) is 0 Å². The Labute approximate surface area is 187 Å². The molecule has 0 spiro atoms. The maximum absolute atomic E-state index is 11.4. The van der Waals surface area contributed by atoms with Crippen molar-refractivity contribution in [3.05, 3.63) is 60.8 Å². The summed E-state index contributed by atoms with van der Waals surface area (Å²) >= 11 is 0. The summed E-state index contributed by atoms with van der Waals surface area (Å²) in [6, 6.07) is 18.5. The number of hydrogen-bond donors (Lipinski definition) is 2. The van der Waals surface area contributed by atoms with Crippen LogP contribution in [0.1, 0.15) is 6.92 Å². The monoisotopic (exact) mass is 426 g/mol. The number of nitrogens with zero attached hydrogens (tertiary/aromatic N) is 4. The van der Waals surface area contributed by atoms with Crippen LogP contribution in [0.4, 0.5) is 11.4 Å². The van der Waals surface area contributed by atoms with Crippen LogP contribution in [0.2, 0.25) is 0 Å². The Morgan fingerprint density at radius 2 is 1.75 bits per heavy atom. The largest absolute Gasteiger partial charge is 0.369 e. The molecule has 1 aliphatic rings. The van der Waals surface area contributed by atoms with Crippen LogP contribution in [-0.4, -0.2) is 59.2 Å². The zero-order valence-electron chi connectivity index (χ0n) is 18.3. The van der Waals surface area contributed by atoms with Crippen LogP contribution >= 0.6 is 0 Å². The highest BCUT2D eigenvalue weighted by Gasteiger charge is 2.15. The van der Waals surface area contributed by atoms with Gasteiger partial charge in [0.15, 0.2) is 5.65 Å². The van der Waals surface area contributed by atoms with Crippen LogP contribution in [0.3, 0.4) is 0 Å². The molecular formula is C25H26N6O. The lowest BCUT2D eigenvalue weighted by molar-refractivity contribution is -0.114. The van der Waals surface area contributed by atoms with E-state index in [2.05, 4.69) is 67.7 Å². The normalized spacial score (nSPS) is 14.6. The number of benzene rings is 2. The number of hydrogen-bond acceptors (Lipinski definition) is 5. The van der Waals surface area contributed by atoms with Gasteiger partial charge in [-0.15, -0.1) is 0 Å². The zero-order chi connectivity index (χ0) is 22.1. The molecule has 0 bridgehead atoms. The van der Waals surface area contributed by atoms with E-state index in [4.69, 9.17) is 0 Å². The maximum atomic E-state index is 11.4. The van der Waals surface area contributed by atoms with Crippen LogP contribution in [-0.2, 0) is 4.79 Å². The van der Waals surface area contributed by atoms with Crippen LogP contribution in [0.15, 0.2) is 60.8 Å². The highest BCUT2D eigenvalue weighted by Crippen LogP contribution is 2.31. The smallest absolute Gasteiger partial charge is 0.221 e. The number of rotatable bonds is 4. The number of aromatic nitrogens is 3. The van der Waals surface area contributed by atoms with Crippen molar-refractivity contribution in [3.8, 4) is 22.4 Å². The summed E-state index contributed by atoms with van der Waals surface area (Å²) in [7, 11) is 2.17. The summed E-state index contributed by atoms with van der Waals surface area (Å²) in [5.74, 6) is -0.0967. The SMILES string of the molecule is CC(=O)Nc1cccc(-c2[nH]nc3ncc(-c4ccc(N5CCN(C)CC5)cc4)cc23)c1. The molecule has 4 aromatic rings. The van der Waals surface area contributed by atoms with E-state index in [-0.39, 0.29) is 5.91 Å². The molecule has 162 valence electrons. The summed E-state index contributed by atoms with van der Waals surface area (Å²) in [6.45, 7) is 5.80.